The second-order valence-electron chi connectivity index (χ2n) is 4.09. The molecule has 2 rings (SSSR count). The fraction of sp³-hybridized carbons (Fsp3) is 0.143. The van der Waals surface area contributed by atoms with Crippen molar-refractivity contribution in [2.45, 2.75) is 13.5 Å². The van der Waals surface area contributed by atoms with Gasteiger partial charge in [0.25, 0.3) is 0 Å². The molecule has 0 saturated carbocycles. The molecule has 0 aliphatic rings. The van der Waals surface area contributed by atoms with Gasteiger partial charge >= 0.3 is 0 Å². The van der Waals surface area contributed by atoms with Gasteiger partial charge in [0.05, 0.1) is 0 Å². The van der Waals surface area contributed by atoms with E-state index in [0.717, 1.165) is 15.7 Å². The Balaban J connectivity index is 2.13. The molecule has 2 aromatic carbocycles. The SMILES string of the molecule is Cc1ccc(Br)cc1NCc1cc(Cl)cc(Cl)c1. The van der Waals surface area contributed by atoms with E-state index in [0.29, 0.717) is 16.6 Å². The molecular weight excluding hydrogens is 333 g/mol. The molecule has 0 amide bonds. The Morgan fingerprint density at radius 2 is 1.72 bits per heavy atom. The number of hydrogen-bond acceptors (Lipinski definition) is 1. The molecule has 0 atom stereocenters. The second-order valence-corrected chi connectivity index (χ2v) is 5.88. The molecular formula is C14H12BrCl2N. The van der Waals surface area contributed by atoms with Crippen LogP contribution in [0, 0.1) is 6.92 Å². The van der Waals surface area contributed by atoms with Crippen LogP contribution in [0.15, 0.2) is 40.9 Å². The van der Waals surface area contributed by atoms with Crippen molar-refractivity contribution >= 4 is 44.8 Å². The third kappa shape index (κ3) is 3.64. The number of rotatable bonds is 3. The Kier molecular flexibility index (Phi) is 4.55. The number of aryl methyl sites for hydroxylation is 1. The summed E-state index contributed by atoms with van der Waals surface area (Å²) < 4.78 is 1.06. The Labute approximate surface area is 125 Å². The lowest BCUT2D eigenvalue weighted by atomic mass is 10.2. The van der Waals surface area contributed by atoms with E-state index in [1.165, 1.54) is 5.56 Å². The van der Waals surface area contributed by atoms with Crippen LogP contribution in [0.2, 0.25) is 10.0 Å². The third-order valence-electron chi connectivity index (χ3n) is 2.60. The minimum atomic E-state index is 0.658. The molecule has 0 fully saturated rings. The Morgan fingerprint density at radius 3 is 2.39 bits per heavy atom. The number of benzene rings is 2. The third-order valence-corrected chi connectivity index (χ3v) is 3.53. The van der Waals surface area contributed by atoms with E-state index in [1.54, 1.807) is 6.07 Å². The van der Waals surface area contributed by atoms with Crippen LogP contribution in [-0.2, 0) is 6.54 Å². The van der Waals surface area contributed by atoms with Crippen LogP contribution in [0.3, 0.4) is 0 Å². The molecule has 18 heavy (non-hydrogen) atoms. The van der Waals surface area contributed by atoms with E-state index >= 15 is 0 Å². The Hall–Kier alpha value is -0.700. The van der Waals surface area contributed by atoms with Crippen LogP contribution in [0.4, 0.5) is 5.69 Å². The maximum atomic E-state index is 5.97. The van der Waals surface area contributed by atoms with Crippen molar-refractivity contribution in [3.8, 4) is 0 Å². The number of nitrogens with one attached hydrogen (secondary N) is 1. The van der Waals surface area contributed by atoms with Crippen molar-refractivity contribution in [3.63, 3.8) is 0 Å². The second kappa shape index (κ2) is 5.96. The first-order valence-electron chi connectivity index (χ1n) is 5.49. The highest BCUT2D eigenvalue weighted by molar-refractivity contribution is 9.10. The standard InChI is InChI=1S/C14H12BrCl2N/c1-9-2-3-11(15)6-14(9)18-8-10-4-12(16)7-13(17)5-10/h2-7,18H,8H2,1H3. The van der Waals surface area contributed by atoms with Crippen LogP contribution in [0.25, 0.3) is 0 Å². The summed E-state index contributed by atoms with van der Waals surface area (Å²) in [5, 5.41) is 4.69. The van der Waals surface area contributed by atoms with Gasteiger partial charge in [-0.15, -0.1) is 0 Å². The van der Waals surface area contributed by atoms with E-state index in [4.69, 9.17) is 23.2 Å². The van der Waals surface area contributed by atoms with Gasteiger partial charge in [-0.1, -0.05) is 45.2 Å². The molecule has 1 nitrogen and oxygen atoms in total. The maximum absolute atomic E-state index is 5.97. The predicted octanol–water partition coefficient (Wildman–Crippen LogP) is 5.68. The molecule has 0 radical (unpaired) electrons. The van der Waals surface area contributed by atoms with Crippen LogP contribution in [0.1, 0.15) is 11.1 Å². The van der Waals surface area contributed by atoms with E-state index in [1.807, 2.05) is 18.2 Å². The summed E-state index contributed by atoms with van der Waals surface area (Å²) in [6, 6.07) is 11.7. The van der Waals surface area contributed by atoms with Gasteiger partial charge in [-0.05, 0) is 48.4 Å². The van der Waals surface area contributed by atoms with Crippen molar-refractivity contribution in [1.82, 2.24) is 0 Å². The first-order chi connectivity index (χ1) is 8.54. The number of halogens is 3. The summed E-state index contributed by atoms with van der Waals surface area (Å²) in [5.41, 5.74) is 3.36. The number of anilines is 1. The topological polar surface area (TPSA) is 12.0 Å². The first-order valence-corrected chi connectivity index (χ1v) is 7.04. The van der Waals surface area contributed by atoms with Crippen LogP contribution in [0.5, 0.6) is 0 Å². The van der Waals surface area contributed by atoms with Gasteiger partial charge in [0.1, 0.15) is 0 Å². The molecule has 1 N–H and O–H groups in total. The summed E-state index contributed by atoms with van der Waals surface area (Å²) in [5.74, 6) is 0. The van der Waals surface area contributed by atoms with Gasteiger partial charge in [-0.25, -0.2) is 0 Å². The fourth-order valence-corrected chi connectivity index (χ4v) is 2.63. The van der Waals surface area contributed by atoms with E-state index in [9.17, 15) is 0 Å². The number of hydrogen-bond donors (Lipinski definition) is 1. The van der Waals surface area contributed by atoms with Gasteiger partial charge in [-0.3, -0.25) is 0 Å². The molecule has 0 aliphatic heterocycles. The summed E-state index contributed by atoms with van der Waals surface area (Å²) in [6.07, 6.45) is 0. The highest BCUT2D eigenvalue weighted by Crippen LogP contribution is 2.23. The molecule has 0 heterocycles. The molecule has 94 valence electrons. The Morgan fingerprint density at radius 1 is 1.06 bits per heavy atom. The smallest absolute Gasteiger partial charge is 0.0424 e. The van der Waals surface area contributed by atoms with E-state index < -0.39 is 0 Å². The van der Waals surface area contributed by atoms with Crippen LogP contribution >= 0.6 is 39.1 Å². The minimum absolute atomic E-state index is 0.658. The van der Waals surface area contributed by atoms with E-state index in [2.05, 4.69) is 40.3 Å². The minimum Gasteiger partial charge on any atom is -0.381 e. The zero-order valence-corrected chi connectivity index (χ0v) is 12.9. The highest BCUT2D eigenvalue weighted by atomic mass is 79.9. The average Bonchev–Trinajstić information content (AvgIpc) is 2.29. The van der Waals surface area contributed by atoms with Crippen molar-refractivity contribution in [2.24, 2.45) is 0 Å². The summed E-state index contributed by atoms with van der Waals surface area (Å²) in [4.78, 5) is 0. The van der Waals surface area contributed by atoms with Crippen molar-refractivity contribution < 1.29 is 0 Å². The molecule has 0 aliphatic carbocycles. The molecule has 0 unspecified atom stereocenters. The van der Waals surface area contributed by atoms with E-state index in [-0.39, 0.29) is 0 Å². The van der Waals surface area contributed by atoms with Crippen molar-refractivity contribution in [3.05, 3.63) is 62.0 Å². The van der Waals surface area contributed by atoms with Gasteiger partial charge in [0.15, 0.2) is 0 Å². The lowest BCUT2D eigenvalue weighted by Crippen LogP contribution is -2.01. The summed E-state index contributed by atoms with van der Waals surface area (Å²) in [7, 11) is 0. The van der Waals surface area contributed by atoms with Gasteiger partial charge in [-0.2, -0.15) is 0 Å². The zero-order valence-electron chi connectivity index (χ0n) is 9.81. The highest BCUT2D eigenvalue weighted by Gasteiger charge is 2.01. The largest absolute Gasteiger partial charge is 0.381 e. The monoisotopic (exact) mass is 343 g/mol. The van der Waals surface area contributed by atoms with Gasteiger partial charge in [0, 0.05) is 26.8 Å². The zero-order chi connectivity index (χ0) is 13.1. The van der Waals surface area contributed by atoms with Gasteiger partial charge in [0.2, 0.25) is 0 Å². The molecule has 0 spiro atoms. The molecule has 2 aromatic rings. The first kappa shape index (κ1) is 13.7. The lowest BCUT2D eigenvalue weighted by Gasteiger charge is -2.10. The quantitative estimate of drug-likeness (QED) is 0.755. The summed E-state index contributed by atoms with van der Waals surface area (Å²) in [6.45, 7) is 2.76. The Bertz CT molecular complexity index is 549. The van der Waals surface area contributed by atoms with Gasteiger partial charge < -0.3 is 5.32 Å². The molecule has 0 saturated heterocycles. The van der Waals surface area contributed by atoms with Crippen molar-refractivity contribution in [1.29, 1.82) is 0 Å². The fourth-order valence-electron chi connectivity index (χ4n) is 1.69. The molecule has 4 heteroatoms. The normalized spacial score (nSPS) is 10.4. The van der Waals surface area contributed by atoms with Crippen LogP contribution in [-0.4, -0.2) is 0 Å². The maximum Gasteiger partial charge on any atom is 0.0424 e. The molecule has 0 bridgehead atoms. The van der Waals surface area contributed by atoms with Crippen molar-refractivity contribution in [2.75, 3.05) is 5.32 Å². The predicted molar refractivity (Wildman–Crippen MR) is 82.7 cm³/mol. The summed E-state index contributed by atoms with van der Waals surface area (Å²) >= 11 is 15.4. The molecule has 0 aromatic heterocycles. The lowest BCUT2D eigenvalue weighted by molar-refractivity contribution is 1.14. The average molecular weight is 345 g/mol. The van der Waals surface area contributed by atoms with Crippen LogP contribution < -0.4 is 5.32 Å².